The highest BCUT2D eigenvalue weighted by molar-refractivity contribution is 6.00. The van der Waals surface area contributed by atoms with Gasteiger partial charge in [-0.3, -0.25) is 19.3 Å². The Morgan fingerprint density at radius 3 is 2.66 bits per heavy atom. The second-order valence-corrected chi connectivity index (χ2v) is 8.59. The summed E-state index contributed by atoms with van der Waals surface area (Å²) in [5, 5.41) is 7.17. The van der Waals surface area contributed by atoms with Crippen LogP contribution in [-0.2, 0) is 7.05 Å². The second kappa shape index (κ2) is 9.38. The van der Waals surface area contributed by atoms with E-state index in [9.17, 15) is 9.59 Å². The molecule has 3 aromatic heterocycles. The third-order valence-corrected chi connectivity index (χ3v) is 6.12. The van der Waals surface area contributed by atoms with E-state index in [0.29, 0.717) is 30.6 Å². The summed E-state index contributed by atoms with van der Waals surface area (Å²) in [6, 6.07) is 12.9. The molecule has 5 rings (SSSR count). The largest absolute Gasteiger partial charge is 0.383 e. The highest BCUT2D eigenvalue weighted by Crippen LogP contribution is 2.23. The van der Waals surface area contributed by atoms with Crippen molar-refractivity contribution in [3.8, 4) is 22.3 Å². The summed E-state index contributed by atoms with van der Waals surface area (Å²) in [4.78, 5) is 36.3. The maximum atomic E-state index is 13.1. The zero-order valence-corrected chi connectivity index (χ0v) is 19.3. The van der Waals surface area contributed by atoms with Gasteiger partial charge in [-0.2, -0.15) is 5.10 Å². The number of anilines is 1. The van der Waals surface area contributed by atoms with E-state index in [0.717, 1.165) is 22.3 Å². The van der Waals surface area contributed by atoms with E-state index in [2.05, 4.69) is 20.4 Å². The van der Waals surface area contributed by atoms with Crippen molar-refractivity contribution in [3.05, 3.63) is 84.6 Å². The van der Waals surface area contributed by atoms with E-state index in [1.54, 1.807) is 40.4 Å². The highest BCUT2D eigenvalue weighted by atomic mass is 16.2. The third-order valence-electron chi connectivity index (χ3n) is 6.12. The monoisotopic (exact) mass is 467 g/mol. The molecule has 0 spiro atoms. The van der Waals surface area contributed by atoms with E-state index in [1.807, 2.05) is 49.6 Å². The Bertz CT molecular complexity index is 1380. The molecule has 9 nitrogen and oxygen atoms in total. The summed E-state index contributed by atoms with van der Waals surface area (Å²) in [5.74, 6) is -0.209. The Morgan fingerprint density at radius 1 is 1.03 bits per heavy atom. The molecule has 1 aliphatic rings. The zero-order chi connectivity index (χ0) is 24.4. The van der Waals surface area contributed by atoms with Gasteiger partial charge in [0, 0.05) is 73.2 Å². The molecule has 4 aromatic rings. The predicted molar refractivity (Wildman–Crippen MR) is 132 cm³/mol. The maximum Gasteiger partial charge on any atom is 0.255 e. The molecule has 35 heavy (non-hydrogen) atoms. The van der Waals surface area contributed by atoms with Crippen LogP contribution in [0.25, 0.3) is 22.3 Å². The number of aromatic nitrogens is 4. The molecule has 0 radical (unpaired) electrons. The van der Waals surface area contributed by atoms with Gasteiger partial charge in [-0.05, 0) is 36.2 Å². The number of aryl methyl sites for hydroxylation is 1. The molecule has 1 fully saturated rings. The predicted octanol–water partition coefficient (Wildman–Crippen LogP) is 2.77. The van der Waals surface area contributed by atoms with Gasteiger partial charge in [0.15, 0.2) is 0 Å². The fourth-order valence-corrected chi connectivity index (χ4v) is 4.26. The Hall–Kier alpha value is -4.53. The average Bonchev–Trinajstić information content (AvgIpc) is 3.53. The van der Waals surface area contributed by atoms with E-state index in [4.69, 9.17) is 5.73 Å². The number of carbonyl (C=O) groups excluding carboxylic acids is 2. The fraction of sp³-hybridized carbons (Fsp3) is 0.192. The summed E-state index contributed by atoms with van der Waals surface area (Å²) in [6.07, 6.45) is 9.33. The minimum atomic E-state index is -0.307. The molecule has 4 heterocycles. The van der Waals surface area contributed by atoms with Gasteiger partial charge >= 0.3 is 0 Å². The number of hydrogen-bond donors (Lipinski definition) is 2. The lowest BCUT2D eigenvalue weighted by Gasteiger charge is -2.18. The van der Waals surface area contributed by atoms with Gasteiger partial charge in [-0.1, -0.05) is 18.2 Å². The fourth-order valence-electron chi connectivity index (χ4n) is 4.26. The van der Waals surface area contributed by atoms with Gasteiger partial charge in [-0.15, -0.1) is 0 Å². The second-order valence-electron chi connectivity index (χ2n) is 8.59. The lowest BCUT2D eigenvalue weighted by atomic mass is 10.0. The maximum absolute atomic E-state index is 13.1. The molecular formula is C26H25N7O2. The molecule has 9 heteroatoms. The molecule has 1 atom stereocenters. The van der Waals surface area contributed by atoms with Gasteiger partial charge in [-0.25, -0.2) is 4.98 Å². The number of nitrogens with zero attached hydrogens (tertiary/aromatic N) is 5. The number of pyridine rings is 2. The molecule has 2 amide bonds. The SMILES string of the molecule is Cn1cc(-c2cnc(N)c(C(=O)N[C@@H]3CCN(C(=O)c4cccc(-c5cccnc5)c4)C3)c2)cn1. The normalized spacial score (nSPS) is 15.2. The minimum Gasteiger partial charge on any atom is -0.383 e. The quantitative estimate of drug-likeness (QED) is 0.466. The summed E-state index contributed by atoms with van der Waals surface area (Å²) in [6.45, 7) is 0.988. The van der Waals surface area contributed by atoms with Gasteiger partial charge in [0.25, 0.3) is 11.8 Å². The van der Waals surface area contributed by atoms with Crippen molar-refractivity contribution in [2.75, 3.05) is 18.8 Å². The lowest BCUT2D eigenvalue weighted by molar-refractivity contribution is 0.0783. The summed E-state index contributed by atoms with van der Waals surface area (Å²) < 4.78 is 1.68. The number of benzene rings is 1. The van der Waals surface area contributed by atoms with Gasteiger partial charge in [0.1, 0.15) is 5.82 Å². The van der Waals surface area contributed by atoms with Crippen molar-refractivity contribution < 1.29 is 9.59 Å². The number of amides is 2. The molecule has 1 saturated heterocycles. The van der Waals surface area contributed by atoms with E-state index in [-0.39, 0.29) is 23.7 Å². The van der Waals surface area contributed by atoms with Gasteiger partial charge in [0.2, 0.25) is 0 Å². The topological polar surface area (TPSA) is 119 Å². The van der Waals surface area contributed by atoms with Crippen LogP contribution in [-0.4, -0.2) is 55.6 Å². The Labute approximate surface area is 202 Å². The van der Waals surface area contributed by atoms with Crippen molar-refractivity contribution in [1.82, 2.24) is 30.0 Å². The van der Waals surface area contributed by atoms with Crippen LogP contribution in [0.3, 0.4) is 0 Å². The first-order valence-electron chi connectivity index (χ1n) is 11.3. The number of rotatable bonds is 5. The molecule has 1 aliphatic heterocycles. The van der Waals surface area contributed by atoms with E-state index >= 15 is 0 Å². The Balaban J connectivity index is 1.26. The first-order chi connectivity index (χ1) is 17.0. The third kappa shape index (κ3) is 4.74. The van der Waals surface area contributed by atoms with Crippen LogP contribution in [0.15, 0.2) is 73.4 Å². The molecule has 176 valence electrons. The van der Waals surface area contributed by atoms with Crippen LogP contribution in [0.5, 0.6) is 0 Å². The average molecular weight is 468 g/mol. The first kappa shape index (κ1) is 22.3. The van der Waals surface area contributed by atoms with Gasteiger partial charge < -0.3 is 16.0 Å². The van der Waals surface area contributed by atoms with Crippen LogP contribution in [0.4, 0.5) is 5.82 Å². The van der Waals surface area contributed by atoms with Crippen LogP contribution in [0.1, 0.15) is 27.1 Å². The van der Waals surface area contributed by atoms with E-state index < -0.39 is 0 Å². The Morgan fingerprint density at radius 2 is 1.89 bits per heavy atom. The minimum absolute atomic E-state index is 0.0627. The van der Waals surface area contributed by atoms with Crippen molar-refractivity contribution in [2.45, 2.75) is 12.5 Å². The number of hydrogen-bond acceptors (Lipinski definition) is 6. The lowest BCUT2D eigenvalue weighted by Crippen LogP contribution is -2.38. The molecule has 1 aromatic carbocycles. The Kier molecular flexibility index (Phi) is 5.97. The summed E-state index contributed by atoms with van der Waals surface area (Å²) >= 11 is 0. The zero-order valence-electron chi connectivity index (χ0n) is 19.3. The number of likely N-dealkylation sites (tertiary alicyclic amines) is 1. The van der Waals surface area contributed by atoms with Crippen LogP contribution >= 0.6 is 0 Å². The number of nitrogens with two attached hydrogens (primary N) is 1. The van der Waals surface area contributed by atoms with Gasteiger partial charge in [0.05, 0.1) is 11.8 Å². The van der Waals surface area contributed by atoms with Crippen LogP contribution < -0.4 is 11.1 Å². The smallest absolute Gasteiger partial charge is 0.255 e. The molecule has 0 bridgehead atoms. The van der Waals surface area contributed by atoms with E-state index in [1.165, 1.54) is 0 Å². The first-order valence-corrected chi connectivity index (χ1v) is 11.3. The molecular weight excluding hydrogens is 442 g/mol. The molecule has 0 saturated carbocycles. The molecule has 0 aliphatic carbocycles. The van der Waals surface area contributed by atoms with Crippen molar-refractivity contribution in [1.29, 1.82) is 0 Å². The summed E-state index contributed by atoms with van der Waals surface area (Å²) in [7, 11) is 1.82. The molecule has 3 N–H and O–H groups in total. The van der Waals surface area contributed by atoms with Crippen molar-refractivity contribution >= 4 is 17.6 Å². The standard InChI is InChI=1S/C26H25N7O2/c1-32-15-21(14-30-32)20-11-23(24(27)29-13-20)25(34)31-22-7-9-33(16-22)26(35)18-5-2-4-17(10-18)19-6-3-8-28-12-19/h2-6,8,10-15,22H,7,9,16H2,1H3,(H2,27,29)(H,31,34)/t22-/m1/s1. The molecule has 0 unspecified atom stereocenters. The summed E-state index contributed by atoms with van der Waals surface area (Å²) in [5.41, 5.74) is 10.4. The highest BCUT2D eigenvalue weighted by Gasteiger charge is 2.29. The number of nitrogen functional groups attached to an aromatic ring is 1. The van der Waals surface area contributed by atoms with Crippen molar-refractivity contribution in [3.63, 3.8) is 0 Å². The number of nitrogens with one attached hydrogen (secondary N) is 1. The van der Waals surface area contributed by atoms with Crippen LogP contribution in [0.2, 0.25) is 0 Å². The van der Waals surface area contributed by atoms with Crippen LogP contribution in [0, 0.1) is 0 Å². The number of carbonyl (C=O) groups is 2. The van der Waals surface area contributed by atoms with Crippen molar-refractivity contribution in [2.24, 2.45) is 7.05 Å².